The van der Waals surface area contributed by atoms with Crippen molar-refractivity contribution in [3.8, 4) is 0 Å². The molecule has 0 amide bonds. The lowest BCUT2D eigenvalue weighted by Crippen LogP contribution is -2.13. The fourth-order valence-electron chi connectivity index (χ4n) is 1.51. The van der Waals surface area contributed by atoms with Crippen molar-refractivity contribution in [2.24, 2.45) is 0 Å². The van der Waals surface area contributed by atoms with Crippen molar-refractivity contribution >= 4 is 9.84 Å². The van der Waals surface area contributed by atoms with E-state index in [1.54, 1.807) is 0 Å². The van der Waals surface area contributed by atoms with Crippen molar-refractivity contribution in [3.63, 3.8) is 0 Å². The zero-order valence-electron chi connectivity index (χ0n) is 7.99. The lowest BCUT2D eigenvalue weighted by molar-refractivity contribution is 0.597. The van der Waals surface area contributed by atoms with E-state index >= 15 is 0 Å². The molecule has 1 aliphatic rings. The Hall–Kier alpha value is -0.350. The summed E-state index contributed by atoms with van der Waals surface area (Å²) in [6.07, 6.45) is 6.34. The Labute approximate surface area is 80.1 Å². The molecule has 76 valence electrons. The fraction of sp³-hybridized carbons (Fsp3) is 0.778. The van der Waals surface area contributed by atoms with Gasteiger partial charge in [-0.1, -0.05) is 12.2 Å². The number of hydrogen-bond donors (Lipinski definition) is 1. The average molecular weight is 203 g/mol. The Balaban J connectivity index is 2.40. The van der Waals surface area contributed by atoms with Gasteiger partial charge in [-0.3, -0.25) is 0 Å². The molecule has 0 radical (unpaired) electrons. The van der Waals surface area contributed by atoms with Crippen LogP contribution in [0.3, 0.4) is 0 Å². The van der Waals surface area contributed by atoms with E-state index in [-0.39, 0.29) is 5.25 Å². The largest absolute Gasteiger partial charge is 0.319 e. The molecule has 1 atom stereocenters. The second-order valence-electron chi connectivity index (χ2n) is 3.37. The van der Waals surface area contributed by atoms with Gasteiger partial charge in [0.2, 0.25) is 0 Å². The van der Waals surface area contributed by atoms with Gasteiger partial charge in [-0.05, 0) is 32.9 Å². The summed E-state index contributed by atoms with van der Waals surface area (Å²) in [5, 5.41) is 2.81. The summed E-state index contributed by atoms with van der Waals surface area (Å²) in [7, 11) is -0.892. The van der Waals surface area contributed by atoms with Crippen LogP contribution in [-0.2, 0) is 9.84 Å². The summed E-state index contributed by atoms with van der Waals surface area (Å²) < 4.78 is 22.7. The quantitative estimate of drug-likeness (QED) is 0.541. The molecule has 1 unspecified atom stereocenters. The number of rotatable bonds is 4. The Morgan fingerprint density at radius 3 is 2.85 bits per heavy atom. The molecule has 1 rings (SSSR count). The fourth-order valence-corrected chi connectivity index (χ4v) is 3.26. The maximum absolute atomic E-state index is 11.4. The molecule has 0 aromatic heterocycles. The molecule has 0 aliphatic carbocycles. The lowest BCUT2D eigenvalue weighted by atomic mass is 10.2. The summed E-state index contributed by atoms with van der Waals surface area (Å²) in [5.41, 5.74) is 0. The summed E-state index contributed by atoms with van der Waals surface area (Å²) in [6, 6.07) is 0. The van der Waals surface area contributed by atoms with Crippen molar-refractivity contribution in [2.45, 2.75) is 24.5 Å². The molecular weight excluding hydrogens is 186 g/mol. The first-order chi connectivity index (χ1) is 6.17. The van der Waals surface area contributed by atoms with Crippen molar-refractivity contribution in [1.82, 2.24) is 5.32 Å². The van der Waals surface area contributed by atoms with E-state index in [0.717, 1.165) is 25.8 Å². The molecule has 0 spiro atoms. The molecule has 1 saturated heterocycles. The molecule has 4 heteroatoms. The van der Waals surface area contributed by atoms with Crippen molar-refractivity contribution in [1.29, 1.82) is 0 Å². The summed E-state index contributed by atoms with van der Waals surface area (Å²) in [4.78, 5) is 0. The molecule has 0 aromatic rings. The highest BCUT2D eigenvalue weighted by Crippen LogP contribution is 2.20. The smallest absolute Gasteiger partial charge is 0.156 e. The van der Waals surface area contributed by atoms with Gasteiger partial charge in [0.25, 0.3) is 0 Å². The van der Waals surface area contributed by atoms with Gasteiger partial charge in [0, 0.05) is 0 Å². The van der Waals surface area contributed by atoms with Gasteiger partial charge in [-0.15, -0.1) is 0 Å². The van der Waals surface area contributed by atoms with Crippen LogP contribution in [0.5, 0.6) is 0 Å². The zero-order chi connectivity index (χ0) is 9.73. The SMILES string of the molecule is CNCC/C=C\C1CCCS1(=O)=O. The zero-order valence-corrected chi connectivity index (χ0v) is 8.81. The van der Waals surface area contributed by atoms with Crippen LogP contribution in [-0.4, -0.2) is 33.0 Å². The third-order valence-electron chi connectivity index (χ3n) is 2.29. The Morgan fingerprint density at radius 1 is 1.54 bits per heavy atom. The minimum Gasteiger partial charge on any atom is -0.319 e. The minimum absolute atomic E-state index is 0.204. The van der Waals surface area contributed by atoms with Gasteiger partial charge in [0.05, 0.1) is 11.0 Å². The van der Waals surface area contributed by atoms with Crippen LogP contribution in [0.15, 0.2) is 12.2 Å². The van der Waals surface area contributed by atoms with Gasteiger partial charge in [-0.25, -0.2) is 8.42 Å². The average Bonchev–Trinajstić information content (AvgIpc) is 2.40. The molecule has 1 N–H and O–H groups in total. The first-order valence-electron chi connectivity index (χ1n) is 4.69. The summed E-state index contributed by atoms with van der Waals surface area (Å²) >= 11 is 0. The van der Waals surface area contributed by atoms with Gasteiger partial charge in [0.1, 0.15) is 0 Å². The predicted molar refractivity (Wildman–Crippen MR) is 54.5 cm³/mol. The van der Waals surface area contributed by atoms with Crippen molar-refractivity contribution in [3.05, 3.63) is 12.2 Å². The predicted octanol–water partition coefficient (Wildman–Crippen LogP) is 0.729. The standard InChI is InChI=1S/C9H17NO2S/c1-10-7-3-2-5-9-6-4-8-13(9,11)12/h2,5,9-10H,3-4,6-8H2,1H3/b5-2-. The molecule has 13 heavy (non-hydrogen) atoms. The molecule has 0 aromatic carbocycles. The Bertz CT molecular complexity index is 269. The number of nitrogens with one attached hydrogen (secondary N) is 1. The minimum atomic E-state index is -2.78. The van der Waals surface area contributed by atoms with E-state index in [2.05, 4.69) is 5.32 Å². The maximum atomic E-state index is 11.4. The summed E-state index contributed by atoms with van der Waals surface area (Å²) in [5.74, 6) is 0.369. The molecule has 1 heterocycles. The highest BCUT2D eigenvalue weighted by molar-refractivity contribution is 7.92. The topological polar surface area (TPSA) is 46.2 Å². The van der Waals surface area contributed by atoms with Crippen molar-refractivity contribution < 1.29 is 8.42 Å². The van der Waals surface area contributed by atoms with Gasteiger partial charge in [0.15, 0.2) is 9.84 Å². The van der Waals surface area contributed by atoms with E-state index in [4.69, 9.17) is 0 Å². The second-order valence-corrected chi connectivity index (χ2v) is 5.71. The maximum Gasteiger partial charge on any atom is 0.156 e. The molecule has 0 bridgehead atoms. The number of hydrogen-bond acceptors (Lipinski definition) is 3. The van der Waals surface area contributed by atoms with Crippen LogP contribution in [0.4, 0.5) is 0 Å². The van der Waals surface area contributed by atoms with Crippen LogP contribution in [0.2, 0.25) is 0 Å². The van der Waals surface area contributed by atoms with Gasteiger partial charge in [-0.2, -0.15) is 0 Å². The van der Waals surface area contributed by atoms with Gasteiger partial charge < -0.3 is 5.32 Å². The van der Waals surface area contributed by atoms with Gasteiger partial charge >= 0.3 is 0 Å². The van der Waals surface area contributed by atoms with E-state index in [9.17, 15) is 8.42 Å². The van der Waals surface area contributed by atoms with E-state index < -0.39 is 9.84 Å². The van der Waals surface area contributed by atoms with Crippen LogP contribution in [0.25, 0.3) is 0 Å². The van der Waals surface area contributed by atoms with E-state index in [0.29, 0.717) is 5.75 Å². The molecule has 0 saturated carbocycles. The second kappa shape index (κ2) is 4.77. The molecular formula is C9H17NO2S. The normalized spacial score (nSPS) is 27.0. The lowest BCUT2D eigenvalue weighted by Gasteiger charge is -2.01. The highest BCUT2D eigenvalue weighted by atomic mass is 32.2. The molecule has 3 nitrogen and oxygen atoms in total. The summed E-state index contributed by atoms with van der Waals surface area (Å²) in [6.45, 7) is 0.906. The van der Waals surface area contributed by atoms with Crippen LogP contribution in [0, 0.1) is 0 Å². The number of sulfone groups is 1. The van der Waals surface area contributed by atoms with Crippen molar-refractivity contribution in [2.75, 3.05) is 19.3 Å². The third kappa shape index (κ3) is 3.12. The molecule has 1 aliphatic heterocycles. The monoisotopic (exact) mass is 203 g/mol. The van der Waals surface area contributed by atoms with Crippen LogP contribution < -0.4 is 5.32 Å². The van der Waals surface area contributed by atoms with E-state index in [1.165, 1.54) is 0 Å². The molecule has 1 fully saturated rings. The first-order valence-corrected chi connectivity index (χ1v) is 6.41. The van der Waals surface area contributed by atoms with E-state index in [1.807, 2.05) is 19.2 Å². The first kappa shape index (κ1) is 10.7. The Morgan fingerprint density at radius 2 is 2.31 bits per heavy atom. The highest BCUT2D eigenvalue weighted by Gasteiger charge is 2.28. The third-order valence-corrected chi connectivity index (χ3v) is 4.46. The Kier molecular flexibility index (Phi) is 3.93. The van der Waals surface area contributed by atoms with Crippen LogP contribution in [0.1, 0.15) is 19.3 Å². The van der Waals surface area contributed by atoms with Crippen LogP contribution >= 0.6 is 0 Å².